The molecule has 0 spiro atoms. The smallest absolute Gasteiger partial charge is 0.132 e. The Hall–Kier alpha value is -3.68. The summed E-state index contributed by atoms with van der Waals surface area (Å²) in [5.74, 6) is 1.91. The lowest BCUT2D eigenvalue weighted by molar-refractivity contribution is 0.286. The van der Waals surface area contributed by atoms with Crippen molar-refractivity contribution in [3.05, 3.63) is 66.5 Å². The monoisotopic (exact) mass is 418 g/mol. The van der Waals surface area contributed by atoms with Gasteiger partial charge in [-0.05, 0) is 50.0 Å². The molecule has 8 nitrogen and oxygen atoms in total. The Labute approximate surface area is 181 Å². The van der Waals surface area contributed by atoms with Crippen LogP contribution in [-0.2, 0) is 9.47 Å². The summed E-state index contributed by atoms with van der Waals surface area (Å²) in [5.41, 5.74) is 5.10. The van der Waals surface area contributed by atoms with E-state index in [1.165, 1.54) is 12.8 Å². The van der Waals surface area contributed by atoms with Crippen LogP contribution in [0.2, 0.25) is 0 Å². The van der Waals surface area contributed by atoms with E-state index in [4.69, 9.17) is 14.5 Å². The Balaban J connectivity index is 1.70. The zero-order valence-electron chi connectivity index (χ0n) is 18.0. The molecule has 2 heterocycles. The lowest BCUT2D eigenvalue weighted by atomic mass is 10.2. The molecule has 1 aliphatic rings. The molecule has 0 saturated heterocycles. The summed E-state index contributed by atoms with van der Waals surface area (Å²) in [4.78, 5) is 11.6. The van der Waals surface area contributed by atoms with Gasteiger partial charge in [-0.3, -0.25) is 4.98 Å². The van der Waals surface area contributed by atoms with Crippen LogP contribution in [0.15, 0.2) is 66.5 Å². The molecule has 1 fully saturated rings. The molecule has 2 aromatic heterocycles. The van der Waals surface area contributed by atoms with Gasteiger partial charge in [0.2, 0.25) is 0 Å². The summed E-state index contributed by atoms with van der Waals surface area (Å²) in [5, 5.41) is 10.6. The third-order valence-electron chi connectivity index (χ3n) is 5.23. The zero-order chi connectivity index (χ0) is 21.8. The van der Waals surface area contributed by atoms with Crippen molar-refractivity contribution in [1.82, 2.24) is 25.4 Å². The van der Waals surface area contributed by atoms with Gasteiger partial charge in [0.05, 0.1) is 37.6 Å². The molecule has 0 atom stereocenters. The number of benzene rings is 1. The molecule has 1 aliphatic carbocycles. The number of allylic oxidation sites excluding steroid dienone is 3. The minimum Gasteiger partial charge on any atom is -0.497 e. The Bertz CT molecular complexity index is 1130. The van der Waals surface area contributed by atoms with Gasteiger partial charge in [-0.2, -0.15) is 15.4 Å². The first-order chi connectivity index (χ1) is 15.1. The molecule has 1 N–H and O–H groups in total. The first kappa shape index (κ1) is 20.6. The minimum absolute atomic E-state index is 0.538. The predicted molar refractivity (Wildman–Crippen MR) is 120 cm³/mol. The molecule has 3 aromatic rings. The fourth-order valence-electron chi connectivity index (χ4n) is 3.29. The fourth-order valence-corrected chi connectivity index (χ4v) is 3.29. The largest absolute Gasteiger partial charge is 0.497 e. The summed E-state index contributed by atoms with van der Waals surface area (Å²) in [6, 6.07) is 6.14. The van der Waals surface area contributed by atoms with Crippen LogP contribution >= 0.6 is 0 Å². The number of ether oxygens (including phenoxy) is 2. The van der Waals surface area contributed by atoms with Crippen LogP contribution in [-0.4, -0.2) is 46.1 Å². The first-order valence-corrected chi connectivity index (χ1v) is 10.1. The summed E-state index contributed by atoms with van der Waals surface area (Å²) >= 11 is 0. The van der Waals surface area contributed by atoms with E-state index in [0.29, 0.717) is 28.8 Å². The number of aromatic amines is 1. The van der Waals surface area contributed by atoms with Crippen molar-refractivity contribution in [2.75, 3.05) is 25.7 Å². The van der Waals surface area contributed by atoms with Crippen molar-refractivity contribution in [3.63, 3.8) is 0 Å². The van der Waals surface area contributed by atoms with Crippen LogP contribution in [0.3, 0.4) is 0 Å². The number of nitrogens with one attached hydrogen (secondary N) is 1. The van der Waals surface area contributed by atoms with Crippen molar-refractivity contribution < 1.29 is 9.47 Å². The SMILES string of the molecule is C=C(/C=C(\C=C(/C)N(CC1CC1)c1ccc2ncc(-c3cn[nH]n3)nc2c1)OC)OC. The third-order valence-corrected chi connectivity index (χ3v) is 5.23. The average molecular weight is 419 g/mol. The lowest BCUT2D eigenvalue weighted by Crippen LogP contribution is -2.24. The number of anilines is 1. The van der Waals surface area contributed by atoms with Crippen LogP contribution in [0.25, 0.3) is 22.4 Å². The Morgan fingerprint density at radius 3 is 2.68 bits per heavy atom. The van der Waals surface area contributed by atoms with Crippen molar-refractivity contribution in [1.29, 1.82) is 0 Å². The molecule has 8 heteroatoms. The van der Waals surface area contributed by atoms with Gasteiger partial charge >= 0.3 is 0 Å². The van der Waals surface area contributed by atoms with E-state index in [0.717, 1.165) is 29.0 Å². The van der Waals surface area contributed by atoms with E-state index in [-0.39, 0.29) is 0 Å². The normalized spacial score (nSPS) is 14.5. The van der Waals surface area contributed by atoms with Gasteiger partial charge < -0.3 is 14.4 Å². The Kier molecular flexibility index (Phi) is 5.97. The molecule has 0 amide bonds. The molecule has 0 unspecified atom stereocenters. The van der Waals surface area contributed by atoms with Crippen molar-refractivity contribution in [2.45, 2.75) is 19.8 Å². The summed E-state index contributed by atoms with van der Waals surface area (Å²) in [6.45, 7) is 6.86. The number of hydrogen-bond acceptors (Lipinski definition) is 7. The number of H-pyrrole nitrogens is 1. The number of methoxy groups -OCH3 is 2. The van der Waals surface area contributed by atoms with E-state index in [2.05, 4.69) is 50.9 Å². The number of rotatable bonds is 9. The van der Waals surface area contributed by atoms with Gasteiger partial charge in [0.1, 0.15) is 22.9 Å². The molecule has 4 rings (SSSR count). The van der Waals surface area contributed by atoms with Crippen LogP contribution < -0.4 is 4.90 Å². The van der Waals surface area contributed by atoms with Gasteiger partial charge in [-0.15, -0.1) is 0 Å². The Morgan fingerprint density at radius 1 is 1.16 bits per heavy atom. The van der Waals surface area contributed by atoms with Gasteiger partial charge in [-0.25, -0.2) is 4.98 Å². The highest BCUT2D eigenvalue weighted by Crippen LogP contribution is 2.34. The molecule has 0 bridgehead atoms. The predicted octanol–water partition coefficient (Wildman–Crippen LogP) is 4.23. The summed E-state index contributed by atoms with van der Waals surface area (Å²) in [7, 11) is 3.23. The lowest BCUT2D eigenvalue weighted by Gasteiger charge is -2.26. The first-order valence-electron chi connectivity index (χ1n) is 10.1. The number of fused-ring (bicyclic) bond motifs is 1. The average Bonchev–Trinajstić information content (AvgIpc) is 3.45. The quantitative estimate of drug-likeness (QED) is 0.411. The third kappa shape index (κ3) is 4.91. The van der Waals surface area contributed by atoms with Gasteiger partial charge in [-0.1, -0.05) is 6.58 Å². The van der Waals surface area contributed by atoms with Crippen molar-refractivity contribution in [2.24, 2.45) is 5.92 Å². The highest BCUT2D eigenvalue weighted by molar-refractivity contribution is 5.81. The van der Waals surface area contributed by atoms with Crippen LogP contribution in [0, 0.1) is 5.92 Å². The molecule has 0 aliphatic heterocycles. The number of aromatic nitrogens is 5. The van der Waals surface area contributed by atoms with E-state index >= 15 is 0 Å². The standard InChI is InChI=1S/C23H26N6O2/c1-15(9-19(31-4)10-16(2)30-3)29(14-17-5-6-17)18-7-8-20-21(11-18)26-22(12-24-20)23-13-25-28-27-23/h7-13,17H,2,5-6,14H2,1,3-4H3,(H,25,27,28)/b15-9+,19-10+. The van der Waals surface area contributed by atoms with Crippen LogP contribution in [0.5, 0.6) is 0 Å². The van der Waals surface area contributed by atoms with E-state index in [1.807, 2.05) is 12.1 Å². The van der Waals surface area contributed by atoms with Crippen molar-refractivity contribution >= 4 is 16.7 Å². The second-order valence-corrected chi connectivity index (χ2v) is 7.54. The van der Waals surface area contributed by atoms with E-state index < -0.39 is 0 Å². The summed E-state index contributed by atoms with van der Waals surface area (Å²) in [6.07, 6.45) is 9.62. The topological polar surface area (TPSA) is 89.1 Å². The fraction of sp³-hybridized carbons (Fsp3) is 0.304. The molecular formula is C23H26N6O2. The van der Waals surface area contributed by atoms with Gasteiger partial charge in [0.15, 0.2) is 0 Å². The highest BCUT2D eigenvalue weighted by Gasteiger charge is 2.25. The number of nitrogens with zero attached hydrogens (tertiary/aromatic N) is 5. The Morgan fingerprint density at radius 2 is 2.00 bits per heavy atom. The summed E-state index contributed by atoms with van der Waals surface area (Å²) < 4.78 is 10.7. The van der Waals surface area contributed by atoms with Crippen molar-refractivity contribution in [3.8, 4) is 11.4 Å². The zero-order valence-corrected chi connectivity index (χ0v) is 18.0. The minimum atomic E-state index is 0.538. The second kappa shape index (κ2) is 8.99. The molecule has 0 radical (unpaired) electrons. The maximum atomic E-state index is 5.51. The molecule has 1 aromatic carbocycles. The molecule has 31 heavy (non-hydrogen) atoms. The molecule has 1 saturated carbocycles. The van der Waals surface area contributed by atoms with E-state index in [1.54, 1.807) is 32.7 Å². The molecule has 160 valence electrons. The van der Waals surface area contributed by atoms with Gasteiger partial charge in [0, 0.05) is 24.0 Å². The number of hydrogen-bond donors (Lipinski definition) is 1. The van der Waals surface area contributed by atoms with E-state index in [9.17, 15) is 0 Å². The molecular weight excluding hydrogens is 392 g/mol. The van der Waals surface area contributed by atoms with Crippen LogP contribution in [0.1, 0.15) is 19.8 Å². The maximum absolute atomic E-state index is 5.51. The second-order valence-electron chi connectivity index (χ2n) is 7.54. The van der Waals surface area contributed by atoms with Gasteiger partial charge in [0.25, 0.3) is 0 Å². The maximum Gasteiger partial charge on any atom is 0.132 e. The highest BCUT2D eigenvalue weighted by atomic mass is 16.5. The van der Waals surface area contributed by atoms with Crippen LogP contribution in [0.4, 0.5) is 5.69 Å².